The van der Waals surface area contributed by atoms with Crippen LogP contribution in [-0.4, -0.2) is 5.97 Å². The molecule has 0 bridgehead atoms. The normalized spacial score (nSPS) is 11.2. The van der Waals surface area contributed by atoms with Crippen molar-refractivity contribution in [3.05, 3.63) is 97.3 Å². The van der Waals surface area contributed by atoms with Crippen molar-refractivity contribution in [1.82, 2.24) is 0 Å². The lowest BCUT2D eigenvalue weighted by molar-refractivity contribution is -0.131. The van der Waals surface area contributed by atoms with Crippen molar-refractivity contribution in [2.75, 3.05) is 0 Å². The van der Waals surface area contributed by atoms with Crippen molar-refractivity contribution in [3.8, 4) is 0 Å². The lowest BCUT2D eigenvalue weighted by Crippen LogP contribution is -2.06. The number of hydrogen-bond acceptors (Lipinski definition) is 2. The predicted octanol–water partition coefficient (Wildman–Crippen LogP) is 4.47. The Morgan fingerprint density at radius 2 is 1.38 bits per heavy atom. The average Bonchev–Trinajstić information content (AvgIpc) is 2.54. The minimum absolute atomic E-state index is 0.449. The Bertz CT molecular complexity index is 667. The molecule has 0 saturated heterocycles. The molecule has 0 N–H and O–H groups in total. The van der Waals surface area contributed by atoms with Crippen LogP contribution in [0.2, 0.25) is 0 Å². The third-order valence-electron chi connectivity index (χ3n) is 3.02. The van der Waals surface area contributed by atoms with E-state index in [2.05, 4.69) is 13.2 Å². The first-order chi connectivity index (χ1) is 10.3. The molecule has 104 valence electrons. The number of esters is 1. The molecular weight excluding hydrogens is 260 g/mol. The van der Waals surface area contributed by atoms with Crippen molar-refractivity contribution >= 4 is 17.1 Å². The summed E-state index contributed by atoms with van der Waals surface area (Å²) in [6.45, 7) is 7.28. The third-order valence-corrected chi connectivity index (χ3v) is 3.02. The highest BCUT2D eigenvalue weighted by Crippen LogP contribution is 2.28. The molecule has 2 rings (SSSR count). The Morgan fingerprint density at radius 3 is 1.86 bits per heavy atom. The van der Waals surface area contributed by atoms with Crippen molar-refractivity contribution in [3.63, 3.8) is 0 Å². The van der Waals surface area contributed by atoms with Crippen LogP contribution in [0.25, 0.3) is 11.1 Å². The molecule has 0 aromatic heterocycles. The van der Waals surface area contributed by atoms with Crippen LogP contribution in [0.15, 0.2) is 86.2 Å². The molecule has 0 atom stereocenters. The second kappa shape index (κ2) is 7.06. The van der Waals surface area contributed by atoms with E-state index in [9.17, 15) is 4.79 Å². The van der Waals surface area contributed by atoms with Gasteiger partial charge in [-0.2, -0.15) is 0 Å². The van der Waals surface area contributed by atoms with E-state index < -0.39 is 5.97 Å². The van der Waals surface area contributed by atoms with E-state index in [-0.39, 0.29) is 0 Å². The van der Waals surface area contributed by atoms with E-state index in [4.69, 9.17) is 4.74 Å². The highest BCUT2D eigenvalue weighted by molar-refractivity contribution is 6.26. The molecule has 2 nitrogen and oxygen atoms in total. The van der Waals surface area contributed by atoms with Gasteiger partial charge in [-0.25, -0.2) is 4.79 Å². The summed E-state index contributed by atoms with van der Waals surface area (Å²) in [7, 11) is 0. The summed E-state index contributed by atoms with van der Waals surface area (Å²) >= 11 is 0. The van der Waals surface area contributed by atoms with Crippen molar-refractivity contribution in [2.24, 2.45) is 0 Å². The topological polar surface area (TPSA) is 26.3 Å². The summed E-state index contributed by atoms with van der Waals surface area (Å²) in [5.74, 6) is -0.449. The van der Waals surface area contributed by atoms with E-state index in [0.717, 1.165) is 23.0 Å². The quantitative estimate of drug-likeness (QED) is 0.265. The van der Waals surface area contributed by atoms with E-state index in [1.54, 1.807) is 6.08 Å². The van der Waals surface area contributed by atoms with Gasteiger partial charge in [0.1, 0.15) is 0 Å². The molecule has 0 saturated carbocycles. The van der Waals surface area contributed by atoms with E-state index in [1.165, 1.54) is 0 Å². The van der Waals surface area contributed by atoms with Gasteiger partial charge in [0.15, 0.2) is 0 Å². The highest BCUT2D eigenvalue weighted by Gasteiger charge is 2.18. The van der Waals surface area contributed by atoms with Gasteiger partial charge in [0.05, 0.1) is 11.8 Å². The summed E-state index contributed by atoms with van der Waals surface area (Å²) in [4.78, 5) is 12.3. The van der Waals surface area contributed by atoms with Gasteiger partial charge in [0.2, 0.25) is 0 Å². The average molecular weight is 276 g/mol. The third kappa shape index (κ3) is 3.37. The molecule has 0 heterocycles. The molecule has 2 heteroatoms. The van der Waals surface area contributed by atoms with E-state index >= 15 is 0 Å². The monoisotopic (exact) mass is 276 g/mol. The fourth-order valence-corrected chi connectivity index (χ4v) is 2.10. The first-order valence-corrected chi connectivity index (χ1v) is 6.57. The van der Waals surface area contributed by atoms with Crippen molar-refractivity contribution in [1.29, 1.82) is 0 Å². The van der Waals surface area contributed by atoms with E-state index in [0.29, 0.717) is 5.57 Å². The molecule has 2 aromatic carbocycles. The standard InChI is InChI=1S/C19H16O2/c1-3-17(15-11-7-5-8-12-15)18(19(20)21-4-2)16-13-9-6-10-14-16/h3-14H,1-2H2. The van der Waals surface area contributed by atoms with Gasteiger partial charge in [-0.3, -0.25) is 0 Å². The summed E-state index contributed by atoms with van der Waals surface area (Å²) in [5.41, 5.74) is 2.89. The summed E-state index contributed by atoms with van der Waals surface area (Å²) < 4.78 is 4.98. The minimum Gasteiger partial charge on any atom is -0.431 e. The van der Waals surface area contributed by atoms with E-state index in [1.807, 2.05) is 60.7 Å². The van der Waals surface area contributed by atoms with Gasteiger partial charge in [0, 0.05) is 0 Å². The molecule has 2 aromatic rings. The number of carbonyl (C=O) groups excluding carboxylic acids is 1. The van der Waals surface area contributed by atoms with Gasteiger partial charge in [0.25, 0.3) is 0 Å². The van der Waals surface area contributed by atoms with Crippen molar-refractivity contribution < 1.29 is 9.53 Å². The number of carbonyl (C=O) groups is 1. The molecule has 0 aliphatic carbocycles. The first-order valence-electron chi connectivity index (χ1n) is 6.57. The van der Waals surface area contributed by atoms with Crippen LogP contribution in [-0.2, 0) is 9.53 Å². The first kappa shape index (κ1) is 14.5. The fourth-order valence-electron chi connectivity index (χ4n) is 2.10. The Hall–Kier alpha value is -2.87. The number of ether oxygens (including phenoxy) is 1. The Balaban J connectivity index is 2.67. The van der Waals surface area contributed by atoms with Crippen LogP contribution in [0.1, 0.15) is 11.1 Å². The molecule has 0 fully saturated rings. The van der Waals surface area contributed by atoms with Crippen LogP contribution < -0.4 is 0 Å². The van der Waals surface area contributed by atoms with Gasteiger partial charge >= 0.3 is 5.97 Å². The van der Waals surface area contributed by atoms with Crippen LogP contribution >= 0.6 is 0 Å². The van der Waals surface area contributed by atoms with Gasteiger partial charge in [-0.05, 0) is 16.7 Å². The molecule has 0 aliphatic heterocycles. The fraction of sp³-hybridized carbons (Fsp3) is 0. The zero-order valence-electron chi connectivity index (χ0n) is 11.7. The number of rotatable bonds is 5. The Morgan fingerprint density at radius 1 is 0.857 bits per heavy atom. The Kier molecular flexibility index (Phi) is 4.89. The maximum atomic E-state index is 12.3. The molecule has 0 spiro atoms. The molecule has 0 amide bonds. The maximum absolute atomic E-state index is 12.3. The lowest BCUT2D eigenvalue weighted by Gasteiger charge is -2.11. The minimum atomic E-state index is -0.449. The van der Waals surface area contributed by atoms with Crippen LogP contribution in [0.4, 0.5) is 0 Å². The molecule has 0 radical (unpaired) electrons. The predicted molar refractivity (Wildman–Crippen MR) is 86.2 cm³/mol. The SMILES string of the molecule is C=COC(=O)C(=C(C=C)c1ccccc1)c1ccccc1. The molecule has 0 unspecified atom stereocenters. The zero-order valence-corrected chi connectivity index (χ0v) is 11.7. The van der Waals surface area contributed by atoms with Crippen LogP contribution in [0, 0.1) is 0 Å². The summed E-state index contributed by atoms with van der Waals surface area (Å²) in [6, 6.07) is 19.0. The van der Waals surface area contributed by atoms with Crippen LogP contribution in [0.3, 0.4) is 0 Å². The lowest BCUT2D eigenvalue weighted by atomic mass is 9.94. The number of allylic oxidation sites excluding steroid dienone is 2. The van der Waals surface area contributed by atoms with Gasteiger partial charge in [-0.15, -0.1) is 0 Å². The highest BCUT2D eigenvalue weighted by atomic mass is 16.5. The van der Waals surface area contributed by atoms with Crippen LogP contribution in [0.5, 0.6) is 0 Å². The smallest absolute Gasteiger partial charge is 0.344 e. The molecule has 21 heavy (non-hydrogen) atoms. The molecule has 0 aliphatic rings. The maximum Gasteiger partial charge on any atom is 0.344 e. The van der Waals surface area contributed by atoms with Gasteiger partial charge < -0.3 is 4.74 Å². The second-order valence-electron chi connectivity index (χ2n) is 4.30. The summed E-state index contributed by atoms with van der Waals surface area (Å²) in [5, 5.41) is 0. The second-order valence-corrected chi connectivity index (χ2v) is 4.30. The summed E-state index contributed by atoms with van der Waals surface area (Å²) in [6.07, 6.45) is 2.80. The largest absolute Gasteiger partial charge is 0.431 e. The number of benzene rings is 2. The molecular formula is C19H16O2. The number of hydrogen-bond donors (Lipinski definition) is 0. The van der Waals surface area contributed by atoms with Gasteiger partial charge in [-0.1, -0.05) is 79.9 Å². The zero-order chi connectivity index (χ0) is 15.1. The Labute approximate surface area is 124 Å². The van der Waals surface area contributed by atoms with Crippen molar-refractivity contribution in [2.45, 2.75) is 0 Å².